The molecule has 1 aliphatic rings. The summed E-state index contributed by atoms with van der Waals surface area (Å²) in [7, 11) is 0. The second-order valence-electron chi connectivity index (χ2n) is 6.88. The van der Waals surface area contributed by atoms with Crippen LogP contribution in [0.25, 0.3) is 0 Å². The molecular formula is C22H23N5O. The fraction of sp³-hybridized carbons (Fsp3) is 0.227. The van der Waals surface area contributed by atoms with Gasteiger partial charge in [0.25, 0.3) is 0 Å². The highest BCUT2D eigenvalue weighted by Gasteiger charge is 2.32. The van der Waals surface area contributed by atoms with Gasteiger partial charge in [-0.05, 0) is 24.1 Å². The molecule has 0 saturated carbocycles. The molecule has 1 fully saturated rings. The predicted octanol–water partition coefficient (Wildman–Crippen LogP) is 3.07. The van der Waals surface area contributed by atoms with E-state index in [1.54, 1.807) is 6.20 Å². The Morgan fingerprint density at radius 3 is 2.82 bits per heavy atom. The molecule has 1 aromatic heterocycles. The number of hydrogen-bond donors (Lipinski definition) is 2. The fourth-order valence-corrected chi connectivity index (χ4v) is 3.48. The maximum Gasteiger partial charge on any atom is 0.247 e. The topological polar surface area (TPSA) is 70.2 Å². The zero-order valence-electron chi connectivity index (χ0n) is 15.8. The van der Waals surface area contributed by atoms with Gasteiger partial charge in [0.2, 0.25) is 11.9 Å². The van der Waals surface area contributed by atoms with Crippen molar-refractivity contribution in [3.63, 3.8) is 0 Å². The van der Waals surface area contributed by atoms with E-state index < -0.39 is 6.04 Å². The van der Waals surface area contributed by atoms with Crippen LogP contribution in [-0.2, 0) is 11.3 Å². The summed E-state index contributed by atoms with van der Waals surface area (Å²) >= 11 is 0. The van der Waals surface area contributed by atoms with Gasteiger partial charge in [-0.25, -0.2) is 4.98 Å². The van der Waals surface area contributed by atoms with Crippen molar-refractivity contribution in [1.29, 1.82) is 0 Å². The zero-order chi connectivity index (χ0) is 19.3. The van der Waals surface area contributed by atoms with Gasteiger partial charge in [-0.3, -0.25) is 4.79 Å². The van der Waals surface area contributed by atoms with Crippen molar-refractivity contribution in [1.82, 2.24) is 15.3 Å². The molecule has 4 rings (SSSR count). The molecule has 28 heavy (non-hydrogen) atoms. The van der Waals surface area contributed by atoms with Crippen molar-refractivity contribution in [2.24, 2.45) is 0 Å². The third kappa shape index (κ3) is 3.96. The molecule has 1 aliphatic heterocycles. The normalized spacial score (nSPS) is 16.5. The number of rotatable bonds is 5. The number of amides is 1. The van der Waals surface area contributed by atoms with Gasteiger partial charge in [-0.15, -0.1) is 0 Å². The Balaban J connectivity index is 1.56. The van der Waals surface area contributed by atoms with Crippen LogP contribution in [0.4, 0.5) is 11.8 Å². The van der Waals surface area contributed by atoms with Gasteiger partial charge in [-0.1, -0.05) is 60.2 Å². The number of hydrogen-bond acceptors (Lipinski definition) is 5. The number of anilines is 2. The Morgan fingerprint density at radius 1 is 1.14 bits per heavy atom. The van der Waals surface area contributed by atoms with E-state index in [2.05, 4.69) is 45.7 Å². The molecule has 0 spiro atoms. The maximum atomic E-state index is 12.6. The molecule has 6 nitrogen and oxygen atoms in total. The van der Waals surface area contributed by atoms with Gasteiger partial charge in [0.05, 0.1) is 0 Å². The molecule has 0 radical (unpaired) electrons. The standard InChI is InChI=1S/C22H23N5O/c1-16-6-5-7-17(14-16)15-25-22-24-11-10-19(26-22)27-13-12-23-21(28)20(27)18-8-3-2-4-9-18/h2-11,14,20H,12-13,15H2,1H3,(H,23,28)(H,24,25,26). The third-order valence-corrected chi connectivity index (χ3v) is 4.80. The molecular weight excluding hydrogens is 350 g/mol. The molecule has 142 valence electrons. The molecule has 2 N–H and O–H groups in total. The summed E-state index contributed by atoms with van der Waals surface area (Å²) in [5, 5.41) is 6.24. The average molecular weight is 373 g/mol. The first-order chi connectivity index (χ1) is 13.7. The molecule has 1 unspecified atom stereocenters. The van der Waals surface area contributed by atoms with Crippen molar-refractivity contribution in [3.05, 3.63) is 83.6 Å². The van der Waals surface area contributed by atoms with E-state index in [1.165, 1.54) is 11.1 Å². The van der Waals surface area contributed by atoms with Crippen molar-refractivity contribution in [2.75, 3.05) is 23.3 Å². The van der Waals surface area contributed by atoms with Gasteiger partial charge in [0.15, 0.2) is 0 Å². The van der Waals surface area contributed by atoms with E-state index in [-0.39, 0.29) is 5.91 Å². The summed E-state index contributed by atoms with van der Waals surface area (Å²) in [6.45, 7) is 4.01. The van der Waals surface area contributed by atoms with Crippen molar-refractivity contribution in [2.45, 2.75) is 19.5 Å². The molecule has 0 aliphatic carbocycles. The van der Waals surface area contributed by atoms with E-state index in [4.69, 9.17) is 0 Å². The Kier molecular flexibility index (Phi) is 5.19. The zero-order valence-corrected chi connectivity index (χ0v) is 15.8. The summed E-state index contributed by atoms with van der Waals surface area (Å²) in [4.78, 5) is 23.6. The largest absolute Gasteiger partial charge is 0.352 e. The van der Waals surface area contributed by atoms with Gasteiger partial charge in [0, 0.05) is 25.8 Å². The van der Waals surface area contributed by atoms with Crippen LogP contribution < -0.4 is 15.5 Å². The first-order valence-corrected chi connectivity index (χ1v) is 9.42. The number of piperazine rings is 1. The van der Waals surface area contributed by atoms with Crippen LogP contribution in [0.1, 0.15) is 22.7 Å². The molecule has 2 aromatic carbocycles. The monoisotopic (exact) mass is 373 g/mol. The van der Waals surface area contributed by atoms with Crippen LogP contribution in [0.15, 0.2) is 66.9 Å². The minimum atomic E-state index is -0.394. The molecule has 6 heteroatoms. The SMILES string of the molecule is Cc1cccc(CNc2nccc(N3CCNC(=O)C3c3ccccc3)n2)c1. The Bertz CT molecular complexity index is 960. The quantitative estimate of drug-likeness (QED) is 0.719. The van der Waals surface area contributed by atoms with Crippen molar-refractivity contribution < 1.29 is 4.79 Å². The van der Waals surface area contributed by atoms with E-state index in [0.717, 1.165) is 11.4 Å². The predicted molar refractivity (Wildman–Crippen MR) is 110 cm³/mol. The number of carbonyl (C=O) groups excluding carboxylic acids is 1. The lowest BCUT2D eigenvalue weighted by Gasteiger charge is -2.36. The number of nitrogens with zero attached hydrogens (tertiary/aromatic N) is 3. The van der Waals surface area contributed by atoms with Gasteiger partial charge >= 0.3 is 0 Å². The Labute approximate surface area is 164 Å². The van der Waals surface area contributed by atoms with Gasteiger partial charge < -0.3 is 15.5 Å². The summed E-state index contributed by atoms with van der Waals surface area (Å²) < 4.78 is 0. The molecule has 1 atom stereocenters. The van der Waals surface area contributed by atoms with Crippen LogP contribution in [0.5, 0.6) is 0 Å². The molecule has 0 bridgehead atoms. The second-order valence-corrected chi connectivity index (χ2v) is 6.88. The van der Waals surface area contributed by atoms with E-state index in [0.29, 0.717) is 25.6 Å². The number of benzene rings is 2. The molecule has 1 amide bonds. The number of aryl methyl sites for hydroxylation is 1. The van der Waals surface area contributed by atoms with Crippen LogP contribution in [0, 0.1) is 6.92 Å². The lowest BCUT2D eigenvalue weighted by Crippen LogP contribution is -2.50. The highest BCUT2D eigenvalue weighted by atomic mass is 16.2. The van der Waals surface area contributed by atoms with E-state index >= 15 is 0 Å². The van der Waals surface area contributed by atoms with Gasteiger partial charge in [-0.2, -0.15) is 4.98 Å². The van der Waals surface area contributed by atoms with Crippen LogP contribution in [0.2, 0.25) is 0 Å². The van der Waals surface area contributed by atoms with E-state index in [9.17, 15) is 4.79 Å². The highest BCUT2D eigenvalue weighted by Crippen LogP contribution is 2.28. The molecule has 1 saturated heterocycles. The smallest absolute Gasteiger partial charge is 0.247 e. The summed E-state index contributed by atoms with van der Waals surface area (Å²) in [6.07, 6.45) is 1.73. The lowest BCUT2D eigenvalue weighted by atomic mass is 10.0. The van der Waals surface area contributed by atoms with E-state index in [1.807, 2.05) is 47.4 Å². The minimum absolute atomic E-state index is 0.00895. The first-order valence-electron chi connectivity index (χ1n) is 9.42. The van der Waals surface area contributed by atoms with Crippen LogP contribution in [0.3, 0.4) is 0 Å². The third-order valence-electron chi connectivity index (χ3n) is 4.80. The Morgan fingerprint density at radius 2 is 2.00 bits per heavy atom. The highest BCUT2D eigenvalue weighted by molar-refractivity contribution is 5.87. The van der Waals surface area contributed by atoms with Gasteiger partial charge in [0.1, 0.15) is 11.9 Å². The minimum Gasteiger partial charge on any atom is -0.352 e. The van der Waals surface area contributed by atoms with Crippen LogP contribution in [-0.4, -0.2) is 29.0 Å². The second kappa shape index (κ2) is 8.08. The number of nitrogens with one attached hydrogen (secondary N) is 2. The number of carbonyl (C=O) groups is 1. The maximum absolute atomic E-state index is 12.6. The molecule has 3 aromatic rings. The van der Waals surface area contributed by atoms with Crippen LogP contribution >= 0.6 is 0 Å². The summed E-state index contributed by atoms with van der Waals surface area (Å²) in [6, 6.07) is 19.6. The molecule has 2 heterocycles. The summed E-state index contributed by atoms with van der Waals surface area (Å²) in [5.74, 6) is 1.28. The Hall–Kier alpha value is -3.41. The van der Waals surface area contributed by atoms with Crippen molar-refractivity contribution >= 4 is 17.7 Å². The number of aromatic nitrogens is 2. The van der Waals surface area contributed by atoms with Crippen molar-refractivity contribution in [3.8, 4) is 0 Å². The lowest BCUT2D eigenvalue weighted by molar-refractivity contribution is -0.123. The summed E-state index contributed by atoms with van der Waals surface area (Å²) in [5.41, 5.74) is 3.35. The average Bonchev–Trinajstić information content (AvgIpc) is 2.73. The fourth-order valence-electron chi connectivity index (χ4n) is 3.48. The first kappa shape index (κ1) is 18.0.